The summed E-state index contributed by atoms with van der Waals surface area (Å²) in [5.74, 6) is 1.54. The lowest BCUT2D eigenvalue weighted by Crippen LogP contribution is -2.12. The first-order valence-corrected chi connectivity index (χ1v) is 7.98. The first-order valence-electron chi connectivity index (χ1n) is 7.98. The Bertz CT molecular complexity index is 602. The number of carbonyl (C=O) groups excluding carboxylic acids is 2. The average Bonchev–Trinajstić information content (AvgIpc) is 2.97. The maximum absolute atomic E-state index is 11.6. The van der Waals surface area contributed by atoms with Crippen LogP contribution in [0.5, 0.6) is 11.5 Å². The fourth-order valence-electron chi connectivity index (χ4n) is 3.91. The van der Waals surface area contributed by atoms with Gasteiger partial charge in [-0.1, -0.05) is 13.8 Å². The Morgan fingerprint density at radius 2 is 1.18 bits per heavy atom. The van der Waals surface area contributed by atoms with E-state index in [9.17, 15) is 9.59 Å². The summed E-state index contributed by atoms with van der Waals surface area (Å²) in [6.07, 6.45) is 3.73. The van der Waals surface area contributed by atoms with Gasteiger partial charge in [-0.25, -0.2) is 0 Å². The van der Waals surface area contributed by atoms with Crippen LogP contribution >= 0.6 is 0 Å². The van der Waals surface area contributed by atoms with Crippen LogP contribution in [0.4, 0.5) is 0 Å². The van der Waals surface area contributed by atoms with E-state index in [-0.39, 0.29) is 11.9 Å². The molecule has 0 radical (unpaired) electrons. The molecule has 0 amide bonds. The summed E-state index contributed by atoms with van der Waals surface area (Å²) in [5, 5.41) is 0. The second-order valence-electron chi connectivity index (χ2n) is 6.51. The molecule has 4 nitrogen and oxygen atoms in total. The van der Waals surface area contributed by atoms with Crippen LogP contribution in [0.1, 0.15) is 74.6 Å². The van der Waals surface area contributed by atoms with Crippen molar-refractivity contribution >= 4 is 11.9 Å². The Morgan fingerprint density at radius 3 is 1.50 bits per heavy atom. The van der Waals surface area contributed by atoms with Crippen molar-refractivity contribution in [1.82, 2.24) is 0 Å². The van der Waals surface area contributed by atoms with Gasteiger partial charge in [0.05, 0.1) is 0 Å². The molecule has 0 saturated carbocycles. The minimum absolute atomic E-state index is 0.289. The number of ether oxygens (including phenoxy) is 2. The first-order chi connectivity index (χ1) is 10.4. The predicted octanol–water partition coefficient (Wildman–Crippen LogP) is 3.64. The van der Waals surface area contributed by atoms with Gasteiger partial charge < -0.3 is 9.47 Å². The largest absolute Gasteiger partial charge is 0.426 e. The van der Waals surface area contributed by atoms with Gasteiger partial charge in [0.1, 0.15) is 11.5 Å². The van der Waals surface area contributed by atoms with Gasteiger partial charge in [-0.2, -0.15) is 0 Å². The number of benzene rings is 1. The van der Waals surface area contributed by atoms with Crippen LogP contribution in [0.3, 0.4) is 0 Å². The quantitative estimate of drug-likeness (QED) is 0.618. The third-order valence-corrected chi connectivity index (χ3v) is 4.82. The summed E-state index contributed by atoms with van der Waals surface area (Å²) >= 11 is 0. The summed E-state index contributed by atoms with van der Waals surface area (Å²) in [6, 6.07) is 0. The highest BCUT2D eigenvalue weighted by Gasteiger charge is 2.37. The van der Waals surface area contributed by atoms with E-state index in [1.165, 1.54) is 13.8 Å². The van der Waals surface area contributed by atoms with Crippen molar-refractivity contribution in [2.24, 2.45) is 0 Å². The molecule has 22 heavy (non-hydrogen) atoms. The second-order valence-corrected chi connectivity index (χ2v) is 6.51. The predicted molar refractivity (Wildman–Crippen MR) is 82.5 cm³/mol. The molecular weight excluding hydrogens is 280 g/mol. The number of carbonyl (C=O) groups is 2. The third-order valence-electron chi connectivity index (χ3n) is 4.82. The minimum atomic E-state index is -0.289. The topological polar surface area (TPSA) is 52.6 Å². The number of fused-ring (bicyclic) bond motifs is 2. The molecule has 0 aliphatic heterocycles. The Morgan fingerprint density at radius 1 is 0.818 bits per heavy atom. The van der Waals surface area contributed by atoms with Gasteiger partial charge in [0, 0.05) is 36.1 Å². The second kappa shape index (κ2) is 5.41. The smallest absolute Gasteiger partial charge is 0.308 e. The Labute approximate surface area is 130 Å². The van der Waals surface area contributed by atoms with Crippen LogP contribution in [-0.2, 0) is 22.4 Å². The van der Waals surface area contributed by atoms with E-state index >= 15 is 0 Å². The Kier molecular flexibility index (Phi) is 3.71. The molecule has 2 atom stereocenters. The highest BCUT2D eigenvalue weighted by Crippen LogP contribution is 2.53. The third kappa shape index (κ3) is 2.31. The zero-order chi connectivity index (χ0) is 16.0. The van der Waals surface area contributed by atoms with Crippen molar-refractivity contribution in [2.75, 3.05) is 0 Å². The molecule has 2 aliphatic carbocycles. The number of esters is 2. The van der Waals surface area contributed by atoms with Crippen molar-refractivity contribution in [1.29, 1.82) is 0 Å². The molecule has 4 heteroatoms. The van der Waals surface area contributed by atoms with Crippen LogP contribution in [0, 0.1) is 0 Å². The highest BCUT2D eigenvalue weighted by atomic mass is 16.5. The van der Waals surface area contributed by atoms with Gasteiger partial charge in [0.15, 0.2) is 0 Å². The number of rotatable bonds is 2. The molecule has 0 saturated heterocycles. The fourth-order valence-corrected chi connectivity index (χ4v) is 3.91. The molecule has 0 fully saturated rings. The van der Waals surface area contributed by atoms with Crippen LogP contribution in [0.25, 0.3) is 0 Å². The van der Waals surface area contributed by atoms with E-state index in [1.54, 1.807) is 0 Å². The maximum atomic E-state index is 11.6. The highest BCUT2D eigenvalue weighted by molar-refractivity contribution is 5.76. The lowest BCUT2D eigenvalue weighted by atomic mass is 9.92. The molecule has 118 valence electrons. The van der Waals surface area contributed by atoms with Gasteiger partial charge in [-0.05, 0) is 37.5 Å². The molecule has 1 aromatic carbocycles. The van der Waals surface area contributed by atoms with Gasteiger partial charge in [0.25, 0.3) is 0 Å². The molecule has 2 aliphatic rings. The molecular formula is C18H22O4. The molecule has 2 unspecified atom stereocenters. The van der Waals surface area contributed by atoms with E-state index in [0.29, 0.717) is 11.8 Å². The summed E-state index contributed by atoms with van der Waals surface area (Å²) < 4.78 is 11.2. The van der Waals surface area contributed by atoms with Gasteiger partial charge in [-0.3, -0.25) is 9.59 Å². The van der Waals surface area contributed by atoms with E-state index < -0.39 is 0 Å². The molecule has 0 heterocycles. The molecule has 0 aromatic heterocycles. The van der Waals surface area contributed by atoms with Crippen LogP contribution in [-0.4, -0.2) is 11.9 Å². The molecule has 0 N–H and O–H groups in total. The molecule has 3 rings (SSSR count). The monoisotopic (exact) mass is 302 g/mol. The zero-order valence-electron chi connectivity index (χ0n) is 13.6. The van der Waals surface area contributed by atoms with Gasteiger partial charge in [-0.15, -0.1) is 0 Å². The Hall–Kier alpha value is -1.84. The van der Waals surface area contributed by atoms with E-state index in [2.05, 4.69) is 13.8 Å². The SMILES string of the molecule is CC(=O)Oc1c2c(c(OC(C)=O)c3c1C(C)CC3)C(C)CC2. The van der Waals surface area contributed by atoms with Crippen LogP contribution in [0.15, 0.2) is 0 Å². The number of hydrogen-bond donors (Lipinski definition) is 0. The summed E-state index contributed by atoms with van der Waals surface area (Å²) in [6.45, 7) is 7.16. The number of hydrogen-bond acceptors (Lipinski definition) is 4. The van der Waals surface area contributed by atoms with Crippen molar-refractivity contribution in [3.05, 3.63) is 22.3 Å². The summed E-state index contributed by atoms with van der Waals surface area (Å²) in [5.41, 5.74) is 4.26. The van der Waals surface area contributed by atoms with Crippen molar-refractivity contribution < 1.29 is 19.1 Å². The summed E-state index contributed by atoms with van der Waals surface area (Å²) in [4.78, 5) is 23.1. The van der Waals surface area contributed by atoms with E-state index in [1.807, 2.05) is 0 Å². The molecule has 1 aromatic rings. The fraction of sp³-hybridized carbons (Fsp3) is 0.556. The van der Waals surface area contributed by atoms with Crippen LogP contribution < -0.4 is 9.47 Å². The molecule has 0 bridgehead atoms. The van der Waals surface area contributed by atoms with Crippen molar-refractivity contribution in [2.45, 2.75) is 65.2 Å². The first kappa shape index (κ1) is 15.1. The Balaban J connectivity index is 2.28. The lowest BCUT2D eigenvalue weighted by molar-refractivity contribution is -0.133. The zero-order valence-corrected chi connectivity index (χ0v) is 13.6. The standard InChI is InChI=1S/C18H22O4/c1-9-5-7-13-15(9)17(21-11(3)19)14-8-6-10(2)16(14)18(13)22-12(4)20/h9-10H,5-8H2,1-4H3. The average molecular weight is 302 g/mol. The van der Waals surface area contributed by atoms with E-state index in [0.717, 1.165) is 59.4 Å². The van der Waals surface area contributed by atoms with E-state index in [4.69, 9.17) is 9.47 Å². The van der Waals surface area contributed by atoms with Crippen molar-refractivity contribution in [3.63, 3.8) is 0 Å². The summed E-state index contributed by atoms with van der Waals surface area (Å²) in [7, 11) is 0. The minimum Gasteiger partial charge on any atom is -0.426 e. The lowest BCUT2D eigenvalue weighted by Gasteiger charge is -2.21. The molecule has 0 spiro atoms. The van der Waals surface area contributed by atoms with Crippen LogP contribution in [0.2, 0.25) is 0 Å². The maximum Gasteiger partial charge on any atom is 0.308 e. The van der Waals surface area contributed by atoms with Gasteiger partial charge in [0.2, 0.25) is 0 Å². The normalized spacial score (nSPS) is 22.2. The van der Waals surface area contributed by atoms with Gasteiger partial charge >= 0.3 is 11.9 Å². The van der Waals surface area contributed by atoms with Crippen molar-refractivity contribution in [3.8, 4) is 11.5 Å².